The van der Waals surface area contributed by atoms with Crippen molar-refractivity contribution in [1.82, 2.24) is 5.16 Å². The third-order valence-electron chi connectivity index (χ3n) is 2.31. The minimum Gasteiger partial charge on any atom is -0.488 e. The smallest absolute Gasteiger partial charge is 0.339 e. The fourth-order valence-electron chi connectivity index (χ4n) is 1.47. The fourth-order valence-corrected chi connectivity index (χ4v) is 1.47. The van der Waals surface area contributed by atoms with Crippen molar-refractivity contribution in [3.05, 3.63) is 47.3 Å². The van der Waals surface area contributed by atoms with Gasteiger partial charge in [-0.1, -0.05) is 17.3 Å². The molecule has 0 bridgehead atoms. The normalized spacial score (nSPS) is 10.2. The summed E-state index contributed by atoms with van der Waals surface area (Å²) in [6.45, 7) is 2.03. The molecule has 1 aromatic heterocycles. The minimum absolute atomic E-state index is 0.154. The van der Waals surface area contributed by atoms with Gasteiger partial charge >= 0.3 is 5.97 Å². The maximum Gasteiger partial charge on any atom is 0.339 e. The summed E-state index contributed by atoms with van der Waals surface area (Å²) in [5, 5.41) is 12.6. The van der Waals surface area contributed by atoms with Gasteiger partial charge in [-0.15, -0.1) is 0 Å². The van der Waals surface area contributed by atoms with Crippen LogP contribution in [0.15, 0.2) is 35.2 Å². The van der Waals surface area contributed by atoms with Crippen LogP contribution in [0.2, 0.25) is 0 Å². The zero-order valence-corrected chi connectivity index (χ0v) is 9.21. The molecule has 0 unspecified atom stereocenters. The zero-order chi connectivity index (χ0) is 12.3. The molecule has 5 nitrogen and oxygen atoms in total. The van der Waals surface area contributed by atoms with Gasteiger partial charge in [0.25, 0.3) is 0 Å². The first-order chi connectivity index (χ1) is 8.18. The maximum absolute atomic E-state index is 11.0. The van der Waals surface area contributed by atoms with Crippen molar-refractivity contribution in [2.45, 2.75) is 13.5 Å². The predicted octanol–water partition coefficient (Wildman–Crippen LogP) is 2.26. The van der Waals surface area contributed by atoms with Crippen LogP contribution in [0.3, 0.4) is 0 Å². The Balaban J connectivity index is 2.22. The molecule has 1 aromatic carbocycles. The van der Waals surface area contributed by atoms with E-state index in [-0.39, 0.29) is 12.2 Å². The Morgan fingerprint density at radius 2 is 2.35 bits per heavy atom. The van der Waals surface area contributed by atoms with E-state index in [0.717, 1.165) is 11.1 Å². The lowest BCUT2D eigenvalue weighted by Crippen LogP contribution is -2.04. The van der Waals surface area contributed by atoms with E-state index in [1.54, 1.807) is 19.1 Å². The molecular formula is C12H11NO4. The number of para-hydroxylation sites is 1. The van der Waals surface area contributed by atoms with E-state index < -0.39 is 5.97 Å². The quantitative estimate of drug-likeness (QED) is 0.876. The van der Waals surface area contributed by atoms with Crippen LogP contribution >= 0.6 is 0 Å². The summed E-state index contributed by atoms with van der Waals surface area (Å²) in [6.07, 6.45) is 2.98. The highest BCUT2D eigenvalue weighted by molar-refractivity contribution is 5.91. The van der Waals surface area contributed by atoms with Crippen LogP contribution in [-0.4, -0.2) is 16.2 Å². The Kier molecular flexibility index (Phi) is 3.09. The molecule has 0 saturated carbocycles. The van der Waals surface area contributed by atoms with Crippen LogP contribution in [0.1, 0.15) is 21.5 Å². The molecule has 0 saturated heterocycles. The van der Waals surface area contributed by atoms with Crippen LogP contribution in [0.5, 0.6) is 5.75 Å². The van der Waals surface area contributed by atoms with E-state index in [4.69, 9.17) is 9.84 Å². The number of rotatable bonds is 4. The van der Waals surface area contributed by atoms with Crippen molar-refractivity contribution in [1.29, 1.82) is 0 Å². The highest BCUT2D eigenvalue weighted by Crippen LogP contribution is 2.24. The number of ether oxygens (including phenoxy) is 1. The lowest BCUT2D eigenvalue weighted by atomic mass is 10.1. The molecule has 0 amide bonds. The monoisotopic (exact) mass is 233 g/mol. The Labute approximate surface area is 97.6 Å². The molecule has 2 rings (SSSR count). The molecule has 0 fully saturated rings. The van der Waals surface area contributed by atoms with Crippen molar-refractivity contribution in [2.24, 2.45) is 0 Å². The van der Waals surface area contributed by atoms with Gasteiger partial charge in [-0.2, -0.15) is 0 Å². The summed E-state index contributed by atoms with van der Waals surface area (Å²) in [6, 6.07) is 5.00. The van der Waals surface area contributed by atoms with Gasteiger partial charge in [0.05, 0.1) is 6.20 Å². The van der Waals surface area contributed by atoms with Crippen LogP contribution in [0, 0.1) is 6.92 Å². The van der Waals surface area contributed by atoms with E-state index in [2.05, 4.69) is 9.68 Å². The molecule has 0 radical (unpaired) electrons. The predicted molar refractivity (Wildman–Crippen MR) is 59.0 cm³/mol. The van der Waals surface area contributed by atoms with E-state index in [1.807, 2.05) is 0 Å². The molecule has 0 atom stereocenters. The van der Waals surface area contributed by atoms with Crippen molar-refractivity contribution < 1.29 is 19.2 Å². The number of aryl methyl sites for hydroxylation is 1. The largest absolute Gasteiger partial charge is 0.488 e. The highest BCUT2D eigenvalue weighted by atomic mass is 16.5. The molecule has 1 heterocycles. The highest BCUT2D eigenvalue weighted by Gasteiger charge is 2.13. The minimum atomic E-state index is -1.01. The Hall–Kier alpha value is -2.30. The number of carboxylic acids is 1. The maximum atomic E-state index is 11.0. The van der Waals surface area contributed by atoms with Crippen LogP contribution < -0.4 is 4.74 Å². The van der Waals surface area contributed by atoms with Crippen molar-refractivity contribution in [3.63, 3.8) is 0 Å². The van der Waals surface area contributed by atoms with E-state index in [9.17, 15) is 4.79 Å². The molecule has 2 aromatic rings. The first kappa shape index (κ1) is 11.2. The number of carbonyl (C=O) groups is 1. The molecule has 5 heteroatoms. The summed E-state index contributed by atoms with van der Waals surface area (Å²) >= 11 is 0. The van der Waals surface area contributed by atoms with Crippen LogP contribution in [0.4, 0.5) is 0 Å². The van der Waals surface area contributed by atoms with Gasteiger partial charge in [0, 0.05) is 5.56 Å². The second kappa shape index (κ2) is 4.69. The average molecular weight is 233 g/mol. The molecule has 0 aliphatic heterocycles. The molecule has 0 aliphatic carbocycles. The number of benzene rings is 1. The van der Waals surface area contributed by atoms with Gasteiger partial charge in [-0.3, -0.25) is 0 Å². The number of aromatic nitrogens is 1. The number of carboxylic acid groups (broad SMARTS) is 1. The van der Waals surface area contributed by atoms with Gasteiger partial charge in [0.15, 0.2) is 0 Å². The Morgan fingerprint density at radius 1 is 1.53 bits per heavy atom. The molecule has 88 valence electrons. The standard InChI is InChI=1S/C12H11NO4/c1-8-3-2-4-10(12(14)15)11(8)16-6-9-5-13-17-7-9/h2-5,7H,6H2,1H3,(H,14,15). The summed E-state index contributed by atoms with van der Waals surface area (Å²) < 4.78 is 10.2. The Morgan fingerprint density at radius 3 is 3.00 bits per heavy atom. The average Bonchev–Trinajstić information content (AvgIpc) is 2.80. The molecular weight excluding hydrogens is 222 g/mol. The lowest BCUT2D eigenvalue weighted by molar-refractivity contribution is 0.0691. The number of aromatic carboxylic acids is 1. The third kappa shape index (κ3) is 2.44. The van der Waals surface area contributed by atoms with Crippen molar-refractivity contribution >= 4 is 5.97 Å². The fraction of sp³-hybridized carbons (Fsp3) is 0.167. The molecule has 1 N–H and O–H groups in total. The summed E-state index contributed by atoms with van der Waals surface area (Å²) in [5.41, 5.74) is 1.69. The number of nitrogens with zero attached hydrogens (tertiary/aromatic N) is 1. The van der Waals surface area contributed by atoms with Crippen molar-refractivity contribution in [2.75, 3.05) is 0 Å². The summed E-state index contributed by atoms with van der Waals surface area (Å²) in [4.78, 5) is 11.0. The van der Waals surface area contributed by atoms with Gasteiger partial charge in [-0.05, 0) is 18.6 Å². The molecule has 0 spiro atoms. The van der Waals surface area contributed by atoms with Gasteiger partial charge < -0.3 is 14.4 Å². The first-order valence-electron chi connectivity index (χ1n) is 5.02. The van der Waals surface area contributed by atoms with Crippen LogP contribution in [-0.2, 0) is 6.61 Å². The zero-order valence-electron chi connectivity index (χ0n) is 9.21. The van der Waals surface area contributed by atoms with Crippen molar-refractivity contribution in [3.8, 4) is 5.75 Å². The second-order valence-electron chi connectivity index (χ2n) is 3.58. The second-order valence-corrected chi connectivity index (χ2v) is 3.58. The molecule has 0 aliphatic rings. The number of hydrogen-bond donors (Lipinski definition) is 1. The van der Waals surface area contributed by atoms with Gasteiger partial charge in [0.2, 0.25) is 0 Å². The first-order valence-corrected chi connectivity index (χ1v) is 5.02. The third-order valence-corrected chi connectivity index (χ3v) is 2.31. The van der Waals surface area contributed by atoms with E-state index in [1.165, 1.54) is 18.5 Å². The Bertz CT molecular complexity index is 519. The SMILES string of the molecule is Cc1cccc(C(=O)O)c1OCc1cnoc1. The summed E-state index contributed by atoms with van der Waals surface area (Å²) in [5.74, 6) is -0.629. The van der Waals surface area contributed by atoms with E-state index >= 15 is 0 Å². The number of hydrogen-bond acceptors (Lipinski definition) is 4. The molecule has 17 heavy (non-hydrogen) atoms. The van der Waals surface area contributed by atoms with Crippen LogP contribution in [0.25, 0.3) is 0 Å². The van der Waals surface area contributed by atoms with Gasteiger partial charge in [0.1, 0.15) is 24.2 Å². The lowest BCUT2D eigenvalue weighted by Gasteiger charge is -2.10. The van der Waals surface area contributed by atoms with E-state index in [0.29, 0.717) is 5.75 Å². The van der Waals surface area contributed by atoms with Gasteiger partial charge in [-0.25, -0.2) is 4.79 Å². The summed E-state index contributed by atoms with van der Waals surface area (Å²) in [7, 11) is 0. The topological polar surface area (TPSA) is 72.6 Å².